The van der Waals surface area contributed by atoms with Crippen LogP contribution in [0.4, 0.5) is 0 Å². The van der Waals surface area contributed by atoms with Crippen LogP contribution < -0.4 is 4.57 Å². The number of pyridine rings is 1. The Morgan fingerprint density at radius 1 is 1.10 bits per heavy atom. The highest BCUT2D eigenvalue weighted by Gasteiger charge is 2.43. The average molecular weight is 423 g/mol. The van der Waals surface area contributed by atoms with Crippen LogP contribution in [-0.4, -0.2) is 51.1 Å². The van der Waals surface area contributed by atoms with E-state index in [9.17, 15) is 15.3 Å². The standard InChI is InChI=1S/C24H27N2O5/c1-13-14-8-9-25(2)10-16(14)17(12-30-24-23(29)22(28)19(11-27)31-24)20-15-6-4-5-7-18(15)26(3)21(13)20/h4-10,19,22-24,27-29H,11-12H2,1-3H3/q+1/t19-,22+,23+,24+/m0/s1. The third kappa shape index (κ3) is 3.04. The number of ether oxygens (including phenoxy) is 2. The van der Waals surface area contributed by atoms with Crippen LogP contribution in [0.1, 0.15) is 11.1 Å². The fourth-order valence-electron chi connectivity index (χ4n) is 4.88. The molecule has 0 radical (unpaired) electrons. The maximum Gasteiger partial charge on any atom is 0.187 e. The molecule has 1 saturated heterocycles. The van der Waals surface area contributed by atoms with Gasteiger partial charge in [0.25, 0.3) is 0 Å². The maximum atomic E-state index is 10.3. The highest BCUT2D eigenvalue weighted by molar-refractivity contribution is 6.16. The summed E-state index contributed by atoms with van der Waals surface area (Å²) in [4.78, 5) is 0. The molecule has 1 aliphatic rings. The predicted octanol–water partition coefficient (Wildman–Crippen LogP) is 1.57. The second kappa shape index (κ2) is 7.55. The van der Waals surface area contributed by atoms with Gasteiger partial charge in [-0.05, 0) is 23.9 Å². The molecular formula is C24H27N2O5+. The lowest BCUT2D eigenvalue weighted by molar-refractivity contribution is -0.670. The number of para-hydroxylation sites is 1. The molecule has 3 heterocycles. The van der Waals surface area contributed by atoms with E-state index in [0.717, 1.165) is 38.1 Å². The van der Waals surface area contributed by atoms with Crippen LogP contribution in [0.15, 0.2) is 42.7 Å². The summed E-state index contributed by atoms with van der Waals surface area (Å²) in [6, 6.07) is 10.4. The van der Waals surface area contributed by atoms with Crippen molar-refractivity contribution in [2.24, 2.45) is 14.1 Å². The van der Waals surface area contributed by atoms with Crippen molar-refractivity contribution >= 4 is 32.6 Å². The molecule has 0 spiro atoms. The van der Waals surface area contributed by atoms with Crippen molar-refractivity contribution in [1.29, 1.82) is 0 Å². The van der Waals surface area contributed by atoms with E-state index in [0.29, 0.717) is 0 Å². The van der Waals surface area contributed by atoms with Crippen LogP contribution in [0, 0.1) is 6.92 Å². The zero-order valence-electron chi connectivity index (χ0n) is 17.8. The lowest BCUT2D eigenvalue weighted by Crippen LogP contribution is -2.34. The van der Waals surface area contributed by atoms with Gasteiger partial charge in [-0.1, -0.05) is 18.2 Å². The summed E-state index contributed by atoms with van der Waals surface area (Å²) in [5.41, 5.74) is 4.47. The number of hydrogen-bond acceptors (Lipinski definition) is 5. The molecule has 4 atom stereocenters. The fourth-order valence-corrected chi connectivity index (χ4v) is 4.88. The van der Waals surface area contributed by atoms with Gasteiger partial charge in [-0.2, -0.15) is 0 Å². The molecular weight excluding hydrogens is 396 g/mol. The van der Waals surface area contributed by atoms with Crippen LogP contribution in [0.25, 0.3) is 32.6 Å². The lowest BCUT2D eigenvalue weighted by atomic mass is 9.96. The first-order valence-corrected chi connectivity index (χ1v) is 10.4. The predicted molar refractivity (Wildman–Crippen MR) is 116 cm³/mol. The normalized spacial score (nSPS) is 24.1. The molecule has 1 fully saturated rings. The van der Waals surface area contributed by atoms with E-state index in [1.54, 1.807) is 0 Å². The van der Waals surface area contributed by atoms with Gasteiger partial charge in [0, 0.05) is 35.0 Å². The summed E-state index contributed by atoms with van der Waals surface area (Å²) in [7, 11) is 4.06. The molecule has 0 saturated carbocycles. The largest absolute Gasteiger partial charge is 0.394 e. The fraction of sp³-hybridized carbons (Fsp3) is 0.375. The van der Waals surface area contributed by atoms with Crippen LogP contribution in [0.3, 0.4) is 0 Å². The van der Waals surface area contributed by atoms with E-state index in [1.165, 1.54) is 5.56 Å². The van der Waals surface area contributed by atoms with E-state index in [1.807, 2.05) is 29.9 Å². The van der Waals surface area contributed by atoms with Crippen molar-refractivity contribution in [3.05, 3.63) is 53.9 Å². The molecule has 7 heteroatoms. The van der Waals surface area contributed by atoms with Gasteiger partial charge in [0.05, 0.1) is 24.1 Å². The Morgan fingerprint density at radius 3 is 2.61 bits per heavy atom. The molecule has 162 valence electrons. The second-order valence-electron chi connectivity index (χ2n) is 8.36. The monoisotopic (exact) mass is 423 g/mol. The Bertz CT molecular complexity index is 1300. The Morgan fingerprint density at radius 2 is 1.87 bits per heavy atom. The maximum absolute atomic E-state index is 10.3. The number of hydrogen-bond donors (Lipinski definition) is 3. The van der Waals surface area contributed by atoms with Crippen molar-refractivity contribution in [3.63, 3.8) is 0 Å². The first-order chi connectivity index (χ1) is 14.9. The van der Waals surface area contributed by atoms with Gasteiger partial charge in [0.15, 0.2) is 18.7 Å². The second-order valence-corrected chi connectivity index (χ2v) is 8.36. The van der Waals surface area contributed by atoms with E-state index in [-0.39, 0.29) is 13.2 Å². The van der Waals surface area contributed by atoms with Crippen LogP contribution >= 0.6 is 0 Å². The van der Waals surface area contributed by atoms with Crippen molar-refractivity contribution in [2.45, 2.75) is 38.1 Å². The van der Waals surface area contributed by atoms with Gasteiger partial charge < -0.3 is 29.4 Å². The quantitative estimate of drug-likeness (QED) is 0.434. The molecule has 3 N–H and O–H groups in total. The van der Waals surface area contributed by atoms with Gasteiger partial charge >= 0.3 is 0 Å². The number of aryl methyl sites for hydroxylation is 3. The summed E-state index contributed by atoms with van der Waals surface area (Å²) >= 11 is 0. The SMILES string of the molecule is Cc1c2cc[n+](C)cc2c(CO[C@@H]2O[C@@H](CO)[C@@H](O)[C@H]2O)c2c3ccccc3n(C)c12. The smallest absolute Gasteiger partial charge is 0.187 e. The molecule has 0 aliphatic carbocycles. The molecule has 0 unspecified atom stereocenters. The summed E-state index contributed by atoms with van der Waals surface area (Å²) in [5, 5.41) is 34.2. The van der Waals surface area contributed by atoms with Gasteiger partial charge in [-0.25, -0.2) is 4.57 Å². The zero-order valence-corrected chi connectivity index (χ0v) is 17.8. The van der Waals surface area contributed by atoms with Crippen LogP contribution in [0.5, 0.6) is 0 Å². The van der Waals surface area contributed by atoms with Gasteiger partial charge in [0.1, 0.15) is 25.4 Å². The molecule has 4 aromatic rings. The van der Waals surface area contributed by atoms with E-state index in [4.69, 9.17) is 9.47 Å². The van der Waals surface area contributed by atoms with Crippen molar-refractivity contribution in [1.82, 2.24) is 4.57 Å². The summed E-state index contributed by atoms with van der Waals surface area (Å²) in [6.45, 7) is 1.95. The average Bonchev–Trinajstić information content (AvgIpc) is 3.22. The van der Waals surface area contributed by atoms with Gasteiger partial charge in [0.2, 0.25) is 0 Å². The third-order valence-electron chi connectivity index (χ3n) is 6.48. The summed E-state index contributed by atoms with van der Waals surface area (Å²) in [5.74, 6) is 0. The minimum Gasteiger partial charge on any atom is -0.394 e. The topological polar surface area (TPSA) is 88.0 Å². The van der Waals surface area contributed by atoms with Crippen LogP contribution in [0.2, 0.25) is 0 Å². The molecule has 0 bridgehead atoms. The first-order valence-electron chi connectivity index (χ1n) is 10.4. The van der Waals surface area contributed by atoms with Crippen molar-refractivity contribution in [2.75, 3.05) is 6.61 Å². The first kappa shape index (κ1) is 20.4. The number of aromatic nitrogens is 2. The molecule has 0 amide bonds. The molecule has 2 aromatic heterocycles. The number of fused-ring (bicyclic) bond motifs is 4. The summed E-state index contributed by atoms with van der Waals surface area (Å²) in [6.07, 6.45) is -0.149. The van der Waals surface area contributed by atoms with Crippen molar-refractivity contribution in [3.8, 4) is 0 Å². The van der Waals surface area contributed by atoms with Gasteiger partial charge in [-0.15, -0.1) is 0 Å². The number of benzene rings is 2. The number of aliphatic hydroxyl groups is 3. The molecule has 7 nitrogen and oxygen atoms in total. The minimum absolute atomic E-state index is 0.192. The Balaban J connectivity index is 1.71. The Hall–Kier alpha value is -2.55. The Labute approximate surface area is 179 Å². The molecule has 5 rings (SSSR count). The Kier molecular flexibility index (Phi) is 4.96. The van der Waals surface area contributed by atoms with E-state index < -0.39 is 24.6 Å². The highest BCUT2D eigenvalue weighted by atomic mass is 16.7. The van der Waals surface area contributed by atoms with Crippen LogP contribution in [-0.2, 0) is 30.2 Å². The number of rotatable bonds is 4. The molecule has 2 aromatic carbocycles. The number of aliphatic hydroxyl groups excluding tert-OH is 3. The van der Waals surface area contributed by atoms with E-state index >= 15 is 0 Å². The van der Waals surface area contributed by atoms with Gasteiger partial charge in [-0.3, -0.25) is 0 Å². The highest BCUT2D eigenvalue weighted by Crippen LogP contribution is 2.39. The zero-order chi connectivity index (χ0) is 21.9. The molecule has 31 heavy (non-hydrogen) atoms. The third-order valence-corrected chi connectivity index (χ3v) is 6.48. The minimum atomic E-state index is -1.21. The number of nitrogens with zero attached hydrogens (tertiary/aromatic N) is 2. The summed E-state index contributed by atoms with van der Waals surface area (Å²) < 4.78 is 15.8. The van der Waals surface area contributed by atoms with E-state index in [2.05, 4.69) is 42.9 Å². The molecule has 1 aliphatic heterocycles. The lowest BCUT2D eigenvalue weighted by Gasteiger charge is -2.18. The van der Waals surface area contributed by atoms with Crippen molar-refractivity contribution < 1.29 is 29.4 Å².